The van der Waals surface area contributed by atoms with E-state index in [9.17, 15) is 5.11 Å². The monoisotopic (exact) mass is 220 g/mol. The number of hydrogen-bond donors (Lipinski definition) is 1. The molecule has 1 unspecified atom stereocenters. The van der Waals surface area contributed by atoms with E-state index >= 15 is 0 Å². The van der Waals surface area contributed by atoms with Gasteiger partial charge in [-0.3, -0.25) is 0 Å². The van der Waals surface area contributed by atoms with Crippen molar-refractivity contribution in [2.75, 3.05) is 0 Å². The maximum atomic E-state index is 9.82. The molecule has 1 atom stereocenters. The van der Waals surface area contributed by atoms with E-state index in [1.807, 2.05) is 12.1 Å². The standard InChI is InChI=1S/C13H13ClO/c1-10(2)13(3,15)8-7-11-5-4-6-12(14)9-11/h4-6,9,15H,1H2,2-3H3. The summed E-state index contributed by atoms with van der Waals surface area (Å²) in [6.45, 7) is 7.04. The van der Waals surface area contributed by atoms with Crippen LogP contribution in [0.1, 0.15) is 19.4 Å². The van der Waals surface area contributed by atoms with Crippen molar-refractivity contribution in [3.63, 3.8) is 0 Å². The summed E-state index contributed by atoms with van der Waals surface area (Å²) < 4.78 is 0. The summed E-state index contributed by atoms with van der Waals surface area (Å²) in [5.74, 6) is 5.61. The second kappa shape index (κ2) is 4.53. The van der Waals surface area contributed by atoms with Crippen molar-refractivity contribution in [3.05, 3.63) is 47.0 Å². The molecule has 2 heteroatoms. The van der Waals surface area contributed by atoms with E-state index in [1.165, 1.54) is 0 Å². The molecule has 1 N–H and O–H groups in total. The molecule has 78 valence electrons. The van der Waals surface area contributed by atoms with Crippen LogP contribution in [0, 0.1) is 11.8 Å². The molecular formula is C13H13ClO. The Hall–Kier alpha value is -1.23. The zero-order chi connectivity index (χ0) is 11.5. The second-order valence-corrected chi connectivity index (χ2v) is 4.05. The summed E-state index contributed by atoms with van der Waals surface area (Å²) in [6, 6.07) is 7.20. The molecule has 1 aromatic rings. The summed E-state index contributed by atoms with van der Waals surface area (Å²) in [4.78, 5) is 0. The van der Waals surface area contributed by atoms with Crippen LogP contribution in [0.15, 0.2) is 36.4 Å². The van der Waals surface area contributed by atoms with Crippen molar-refractivity contribution in [1.82, 2.24) is 0 Å². The van der Waals surface area contributed by atoms with Gasteiger partial charge >= 0.3 is 0 Å². The average Bonchev–Trinajstić information content (AvgIpc) is 2.15. The fourth-order valence-electron chi connectivity index (χ4n) is 0.867. The lowest BCUT2D eigenvalue weighted by Gasteiger charge is -2.15. The van der Waals surface area contributed by atoms with E-state index in [4.69, 9.17) is 11.6 Å². The quantitative estimate of drug-likeness (QED) is 0.570. The highest BCUT2D eigenvalue weighted by molar-refractivity contribution is 6.30. The predicted octanol–water partition coefficient (Wildman–Crippen LogP) is 3.02. The maximum absolute atomic E-state index is 9.82. The highest BCUT2D eigenvalue weighted by Crippen LogP contribution is 2.13. The van der Waals surface area contributed by atoms with Crippen molar-refractivity contribution in [2.45, 2.75) is 19.4 Å². The van der Waals surface area contributed by atoms with Crippen LogP contribution in [-0.2, 0) is 0 Å². The molecule has 1 nitrogen and oxygen atoms in total. The first-order valence-corrected chi connectivity index (χ1v) is 4.97. The first-order valence-electron chi connectivity index (χ1n) is 4.59. The van der Waals surface area contributed by atoms with Gasteiger partial charge in [-0.1, -0.05) is 36.1 Å². The fourth-order valence-corrected chi connectivity index (χ4v) is 1.06. The Morgan fingerprint density at radius 1 is 1.53 bits per heavy atom. The van der Waals surface area contributed by atoms with Crippen molar-refractivity contribution < 1.29 is 5.11 Å². The molecule has 0 bridgehead atoms. The Balaban J connectivity index is 2.96. The van der Waals surface area contributed by atoms with E-state index in [1.54, 1.807) is 26.0 Å². The van der Waals surface area contributed by atoms with Crippen LogP contribution in [0.3, 0.4) is 0 Å². The van der Waals surface area contributed by atoms with Crippen LogP contribution in [-0.4, -0.2) is 10.7 Å². The molecule has 0 aliphatic carbocycles. The molecule has 0 radical (unpaired) electrons. The maximum Gasteiger partial charge on any atom is 0.144 e. The van der Waals surface area contributed by atoms with Crippen LogP contribution in [0.2, 0.25) is 5.02 Å². The molecule has 0 saturated heterocycles. The molecule has 1 aromatic carbocycles. The summed E-state index contributed by atoms with van der Waals surface area (Å²) in [5.41, 5.74) is 0.253. The highest BCUT2D eigenvalue weighted by Gasteiger charge is 2.16. The molecule has 0 aliphatic rings. The second-order valence-electron chi connectivity index (χ2n) is 3.61. The van der Waals surface area contributed by atoms with E-state index in [-0.39, 0.29) is 0 Å². The summed E-state index contributed by atoms with van der Waals surface area (Å²) in [6.07, 6.45) is 0. The largest absolute Gasteiger partial charge is 0.374 e. The Morgan fingerprint density at radius 3 is 2.73 bits per heavy atom. The minimum atomic E-state index is -1.15. The number of hydrogen-bond acceptors (Lipinski definition) is 1. The van der Waals surface area contributed by atoms with Gasteiger partial charge in [-0.2, -0.15) is 0 Å². The van der Waals surface area contributed by atoms with Gasteiger partial charge in [0.1, 0.15) is 5.60 Å². The number of benzene rings is 1. The van der Waals surface area contributed by atoms with E-state index < -0.39 is 5.60 Å². The number of aliphatic hydroxyl groups is 1. The van der Waals surface area contributed by atoms with Gasteiger partial charge in [0.25, 0.3) is 0 Å². The Bertz CT molecular complexity index is 435. The zero-order valence-corrected chi connectivity index (χ0v) is 9.60. The molecule has 0 saturated carbocycles. The van der Waals surface area contributed by atoms with Crippen LogP contribution in [0.4, 0.5) is 0 Å². The normalized spacial score (nSPS) is 13.6. The van der Waals surface area contributed by atoms with Gasteiger partial charge in [-0.25, -0.2) is 0 Å². The minimum absolute atomic E-state index is 0.622. The van der Waals surface area contributed by atoms with Gasteiger partial charge < -0.3 is 5.11 Å². The molecular weight excluding hydrogens is 208 g/mol. The SMILES string of the molecule is C=C(C)C(C)(O)C#Cc1cccc(Cl)c1. The van der Waals surface area contributed by atoms with E-state index in [0.717, 1.165) is 5.56 Å². The van der Waals surface area contributed by atoms with Gasteiger partial charge in [0, 0.05) is 10.6 Å². The molecule has 1 rings (SSSR count). The molecule has 0 amide bonds. The highest BCUT2D eigenvalue weighted by atomic mass is 35.5. The Labute approximate surface area is 95.4 Å². The van der Waals surface area contributed by atoms with Gasteiger partial charge in [-0.05, 0) is 37.6 Å². The van der Waals surface area contributed by atoms with Crippen molar-refractivity contribution in [3.8, 4) is 11.8 Å². The van der Waals surface area contributed by atoms with Crippen LogP contribution in [0.5, 0.6) is 0 Å². The molecule has 0 aromatic heterocycles. The van der Waals surface area contributed by atoms with Crippen LogP contribution in [0.25, 0.3) is 0 Å². The van der Waals surface area contributed by atoms with Crippen molar-refractivity contribution >= 4 is 11.6 Å². The van der Waals surface area contributed by atoms with Gasteiger partial charge in [0.2, 0.25) is 0 Å². The summed E-state index contributed by atoms with van der Waals surface area (Å²) in [7, 11) is 0. The van der Waals surface area contributed by atoms with Crippen molar-refractivity contribution in [1.29, 1.82) is 0 Å². The Morgan fingerprint density at radius 2 is 2.20 bits per heavy atom. The fraction of sp³-hybridized carbons (Fsp3) is 0.231. The predicted molar refractivity (Wildman–Crippen MR) is 63.8 cm³/mol. The average molecular weight is 221 g/mol. The molecule has 0 aliphatic heterocycles. The Kier molecular flexibility index (Phi) is 3.57. The van der Waals surface area contributed by atoms with Crippen LogP contribution >= 0.6 is 11.6 Å². The van der Waals surface area contributed by atoms with Gasteiger partial charge in [0.05, 0.1) is 0 Å². The summed E-state index contributed by atoms with van der Waals surface area (Å²) >= 11 is 5.81. The lowest BCUT2D eigenvalue weighted by Crippen LogP contribution is -2.22. The molecule has 0 spiro atoms. The number of rotatable bonds is 1. The van der Waals surface area contributed by atoms with Crippen LogP contribution < -0.4 is 0 Å². The molecule has 0 heterocycles. The topological polar surface area (TPSA) is 20.2 Å². The first-order chi connectivity index (χ1) is 6.92. The van der Waals surface area contributed by atoms with Gasteiger partial charge in [0.15, 0.2) is 0 Å². The third-order valence-electron chi connectivity index (χ3n) is 2.11. The smallest absolute Gasteiger partial charge is 0.144 e. The van der Waals surface area contributed by atoms with E-state index in [0.29, 0.717) is 10.6 Å². The van der Waals surface area contributed by atoms with E-state index in [2.05, 4.69) is 18.4 Å². The third-order valence-corrected chi connectivity index (χ3v) is 2.34. The van der Waals surface area contributed by atoms with Crippen molar-refractivity contribution in [2.24, 2.45) is 0 Å². The lowest BCUT2D eigenvalue weighted by molar-refractivity contribution is 0.161. The first kappa shape index (κ1) is 11.8. The minimum Gasteiger partial charge on any atom is -0.374 e. The summed E-state index contributed by atoms with van der Waals surface area (Å²) in [5, 5.41) is 10.5. The molecule has 0 fully saturated rings. The molecule has 15 heavy (non-hydrogen) atoms. The third kappa shape index (κ3) is 3.43. The lowest BCUT2D eigenvalue weighted by atomic mass is 9.99. The zero-order valence-electron chi connectivity index (χ0n) is 8.84. The number of halogens is 1. The van der Waals surface area contributed by atoms with Gasteiger partial charge in [-0.15, -0.1) is 0 Å².